The van der Waals surface area contributed by atoms with Crippen LogP contribution < -0.4 is 15.1 Å². The van der Waals surface area contributed by atoms with E-state index in [2.05, 4.69) is 87.1 Å². The van der Waals surface area contributed by atoms with Gasteiger partial charge >= 0.3 is 0 Å². The highest BCUT2D eigenvalue weighted by Crippen LogP contribution is 2.45. The van der Waals surface area contributed by atoms with Crippen LogP contribution in [0.15, 0.2) is 81.8 Å². The molecule has 2 aromatic carbocycles. The maximum absolute atomic E-state index is 6.97. The van der Waals surface area contributed by atoms with Crippen LogP contribution in [0, 0.1) is 18.8 Å². The van der Waals surface area contributed by atoms with Crippen LogP contribution in [0.5, 0.6) is 0 Å². The van der Waals surface area contributed by atoms with Crippen molar-refractivity contribution in [3.05, 3.63) is 99.4 Å². The summed E-state index contributed by atoms with van der Waals surface area (Å²) in [7, 11) is 0. The minimum absolute atomic E-state index is 0.198. The molecular weight excluding hydrogens is 604 g/mol. The molecule has 0 radical (unpaired) electrons. The lowest BCUT2D eigenvalue weighted by molar-refractivity contribution is 0.357. The molecule has 2 aromatic heterocycles. The van der Waals surface area contributed by atoms with Crippen LogP contribution >= 0.6 is 39.7 Å². The molecule has 4 heterocycles. The van der Waals surface area contributed by atoms with E-state index in [1.54, 1.807) is 0 Å². The second-order valence-electron chi connectivity index (χ2n) is 11.2. The number of pyridine rings is 1. The van der Waals surface area contributed by atoms with E-state index in [9.17, 15) is 0 Å². The van der Waals surface area contributed by atoms with Crippen LogP contribution in [0.25, 0.3) is 11.3 Å². The number of hydrogen-bond donors (Lipinski definition) is 1. The summed E-state index contributed by atoms with van der Waals surface area (Å²) in [6.07, 6.45) is 3.06. The van der Waals surface area contributed by atoms with Crippen molar-refractivity contribution in [2.45, 2.75) is 39.3 Å². The second-order valence-corrected chi connectivity index (χ2v) is 12.8. The quantitative estimate of drug-likeness (QED) is 0.221. The van der Waals surface area contributed by atoms with Crippen LogP contribution in [0.1, 0.15) is 49.4 Å². The van der Waals surface area contributed by atoms with Gasteiger partial charge in [-0.2, -0.15) is 0 Å². The molecule has 0 saturated carbocycles. The van der Waals surface area contributed by atoms with Crippen molar-refractivity contribution >= 4 is 56.2 Å². The lowest BCUT2D eigenvalue weighted by atomic mass is 9.91. The summed E-state index contributed by atoms with van der Waals surface area (Å²) >= 11 is 16.6. The summed E-state index contributed by atoms with van der Waals surface area (Å²) in [6.45, 7) is 8.73. The first kappa shape index (κ1) is 27.3. The van der Waals surface area contributed by atoms with Gasteiger partial charge in [0.15, 0.2) is 5.11 Å². The van der Waals surface area contributed by atoms with Gasteiger partial charge in [0.05, 0.1) is 22.4 Å². The summed E-state index contributed by atoms with van der Waals surface area (Å²) in [5, 5.41) is 4.85. The van der Waals surface area contributed by atoms with Crippen molar-refractivity contribution in [2.75, 3.05) is 22.9 Å². The second kappa shape index (κ2) is 11.2. The number of aromatic nitrogens is 1. The molecule has 2 fully saturated rings. The Hall–Kier alpha value is -2.87. The van der Waals surface area contributed by atoms with E-state index in [0.29, 0.717) is 16.9 Å². The normalized spacial score (nSPS) is 23.0. The summed E-state index contributed by atoms with van der Waals surface area (Å²) < 4.78 is 7.55. The molecule has 0 bridgehead atoms. The number of piperidine rings is 1. The summed E-state index contributed by atoms with van der Waals surface area (Å²) in [4.78, 5) is 9.19. The number of thiocarbonyl (C=S) groups is 1. The molecule has 0 aliphatic carbocycles. The van der Waals surface area contributed by atoms with Gasteiger partial charge in [-0.1, -0.05) is 53.5 Å². The van der Waals surface area contributed by atoms with Crippen LogP contribution in [0.4, 0.5) is 11.4 Å². The minimum Gasteiger partial charge on any atom is -0.459 e. The van der Waals surface area contributed by atoms with Crippen molar-refractivity contribution in [2.24, 2.45) is 11.8 Å². The van der Waals surface area contributed by atoms with E-state index in [0.717, 1.165) is 56.7 Å². The number of hydrogen-bond acceptors (Lipinski definition) is 4. The fourth-order valence-electron chi connectivity index (χ4n) is 6.16. The maximum atomic E-state index is 6.97. The lowest BCUT2D eigenvalue weighted by Crippen LogP contribution is -2.38. The highest BCUT2D eigenvalue weighted by Gasteiger charge is 2.43. The first-order valence-electron chi connectivity index (χ1n) is 13.7. The van der Waals surface area contributed by atoms with Crippen molar-refractivity contribution in [3.8, 4) is 11.3 Å². The van der Waals surface area contributed by atoms with Gasteiger partial charge in [-0.15, -0.1) is 0 Å². The molecule has 0 unspecified atom stereocenters. The average molecular weight is 636 g/mol. The standard InChI is InChI=1S/C32H32BrClN4OS/c1-19-7-9-23(24(33)15-19)28-11-12-29(39-28)31-30(26-6-4-5-13-35-26)36-32(40)38(31)22-8-10-27(25(34)16-22)37-17-20(2)14-21(3)18-37/h4-13,15-16,20-21,30-31H,14,17-18H2,1-3H3,(H,36,40)/t20-,21+,30-,31-/m1/s1. The van der Waals surface area contributed by atoms with Crippen LogP contribution in [0.2, 0.25) is 5.02 Å². The van der Waals surface area contributed by atoms with E-state index >= 15 is 0 Å². The third-order valence-corrected chi connectivity index (χ3v) is 9.10. The van der Waals surface area contributed by atoms with Crippen molar-refractivity contribution in [3.63, 3.8) is 0 Å². The van der Waals surface area contributed by atoms with Crippen LogP contribution in [0.3, 0.4) is 0 Å². The smallest absolute Gasteiger partial charge is 0.174 e. The number of halogens is 2. The van der Waals surface area contributed by atoms with Gasteiger partial charge in [0.1, 0.15) is 17.6 Å². The number of nitrogens with zero attached hydrogens (tertiary/aromatic N) is 3. The molecule has 2 saturated heterocycles. The molecule has 206 valence electrons. The number of rotatable bonds is 5. The first-order chi connectivity index (χ1) is 19.3. The zero-order valence-corrected chi connectivity index (χ0v) is 25.9. The Bertz CT molecular complexity index is 1530. The number of anilines is 2. The van der Waals surface area contributed by atoms with E-state index < -0.39 is 0 Å². The Balaban J connectivity index is 1.39. The summed E-state index contributed by atoms with van der Waals surface area (Å²) in [5.41, 5.74) is 5.07. The van der Waals surface area contributed by atoms with Gasteiger partial charge in [-0.05, 0) is 97.6 Å². The average Bonchev–Trinajstić information content (AvgIpc) is 3.53. The molecule has 2 aliphatic heterocycles. The predicted molar refractivity (Wildman–Crippen MR) is 171 cm³/mol. The maximum Gasteiger partial charge on any atom is 0.174 e. The molecule has 8 heteroatoms. The van der Waals surface area contributed by atoms with E-state index in [-0.39, 0.29) is 12.1 Å². The lowest BCUT2D eigenvalue weighted by Gasteiger charge is -2.37. The number of furan rings is 1. The molecule has 6 rings (SSSR count). The third-order valence-electron chi connectivity index (χ3n) is 7.83. The van der Waals surface area contributed by atoms with Gasteiger partial charge < -0.3 is 19.5 Å². The highest BCUT2D eigenvalue weighted by atomic mass is 79.9. The molecular formula is C32H32BrClN4OS. The minimum atomic E-state index is -0.252. The van der Waals surface area contributed by atoms with Crippen molar-refractivity contribution in [1.29, 1.82) is 0 Å². The fraction of sp³-hybridized carbons (Fsp3) is 0.312. The zero-order valence-electron chi connectivity index (χ0n) is 22.8. The van der Waals surface area contributed by atoms with Gasteiger partial charge in [-0.3, -0.25) is 4.98 Å². The van der Waals surface area contributed by atoms with E-state index in [1.165, 1.54) is 12.0 Å². The molecule has 0 spiro atoms. The van der Waals surface area contributed by atoms with Gasteiger partial charge in [0, 0.05) is 35.0 Å². The number of aryl methyl sites for hydroxylation is 1. The Kier molecular flexibility index (Phi) is 7.64. The Morgan fingerprint density at radius 3 is 2.52 bits per heavy atom. The summed E-state index contributed by atoms with van der Waals surface area (Å²) in [5.74, 6) is 2.87. The number of benzene rings is 2. The molecule has 4 aromatic rings. The van der Waals surface area contributed by atoms with Crippen LogP contribution in [-0.4, -0.2) is 23.2 Å². The Morgan fingerprint density at radius 2 is 1.82 bits per heavy atom. The monoisotopic (exact) mass is 634 g/mol. The van der Waals surface area contributed by atoms with Crippen molar-refractivity contribution < 1.29 is 4.42 Å². The SMILES string of the molecule is Cc1ccc(-c2ccc([C@@H]3[C@@H](c4ccccn4)NC(=S)N3c3ccc(N4C[C@H](C)C[C@H](C)C4)c(Cl)c3)o2)c(Br)c1. The zero-order chi connectivity index (χ0) is 28.0. The van der Waals surface area contributed by atoms with Gasteiger partial charge in [0.2, 0.25) is 0 Å². The van der Waals surface area contributed by atoms with Gasteiger partial charge in [-0.25, -0.2) is 0 Å². The third kappa shape index (κ3) is 5.27. The molecule has 40 heavy (non-hydrogen) atoms. The Morgan fingerprint density at radius 1 is 1.02 bits per heavy atom. The van der Waals surface area contributed by atoms with E-state index in [4.69, 9.17) is 28.2 Å². The largest absolute Gasteiger partial charge is 0.459 e. The first-order valence-corrected chi connectivity index (χ1v) is 15.3. The molecule has 1 N–H and O–H groups in total. The summed E-state index contributed by atoms with van der Waals surface area (Å²) in [6, 6.07) is 22.1. The highest BCUT2D eigenvalue weighted by molar-refractivity contribution is 9.10. The molecule has 0 amide bonds. The predicted octanol–water partition coefficient (Wildman–Crippen LogP) is 8.73. The molecule has 4 atom stereocenters. The fourth-order valence-corrected chi connectivity index (χ4v) is 7.49. The number of nitrogens with one attached hydrogen (secondary N) is 1. The van der Waals surface area contributed by atoms with E-state index in [1.807, 2.05) is 42.6 Å². The molecule has 2 aliphatic rings. The topological polar surface area (TPSA) is 44.5 Å². The Labute approximate surface area is 254 Å². The molecule has 5 nitrogen and oxygen atoms in total. The van der Waals surface area contributed by atoms with Gasteiger partial charge in [0.25, 0.3) is 0 Å². The van der Waals surface area contributed by atoms with Crippen LogP contribution in [-0.2, 0) is 0 Å². The van der Waals surface area contributed by atoms with Crippen molar-refractivity contribution in [1.82, 2.24) is 10.3 Å².